The van der Waals surface area contributed by atoms with Gasteiger partial charge in [0.15, 0.2) is 0 Å². The highest BCUT2D eigenvalue weighted by Crippen LogP contribution is 2.16. The van der Waals surface area contributed by atoms with Gasteiger partial charge in [0.25, 0.3) is 5.91 Å². The molecule has 0 saturated heterocycles. The molecule has 1 amide bonds. The maximum absolute atomic E-state index is 13.0. The standard InChI is InChI=1S/C15H23FN2O/c1-3-5-9-18(10-6-4-2)15(19)13-8-7-12(16)11-14(13)17/h7-8,11H,3-6,9-10,17H2,1-2H3. The largest absolute Gasteiger partial charge is 0.398 e. The monoisotopic (exact) mass is 266 g/mol. The fourth-order valence-corrected chi connectivity index (χ4v) is 1.91. The van der Waals surface area contributed by atoms with Gasteiger partial charge in [0.05, 0.1) is 5.56 Å². The third-order valence-electron chi connectivity index (χ3n) is 3.09. The minimum absolute atomic E-state index is 0.0978. The molecule has 0 atom stereocenters. The van der Waals surface area contributed by atoms with Crippen LogP contribution in [0.4, 0.5) is 10.1 Å². The summed E-state index contributed by atoms with van der Waals surface area (Å²) in [7, 11) is 0. The number of carbonyl (C=O) groups excluding carboxylic acids is 1. The SMILES string of the molecule is CCCCN(CCCC)C(=O)c1ccc(F)cc1N. The van der Waals surface area contributed by atoms with E-state index in [1.165, 1.54) is 18.2 Å². The highest BCUT2D eigenvalue weighted by atomic mass is 19.1. The molecule has 3 nitrogen and oxygen atoms in total. The number of nitrogens with zero attached hydrogens (tertiary/aromatic N) is 1. The van der Waals surface area contributed by atoms with E-state index in [1.807, 2.05) is 4.90 Å². The summed E-state index contributed by atoms with van der Waals surface area (Å²) in [4.78, 5) is 14.2. The zero-order valence-electron chi connectivity index (χ0n) is 11.8. The van der Waals surface area contributed by atoms with E-state index in [-0.39, 0.29) is 11.6 Å². The number of hydrogen-bond acceptors (Lipinski definition) is 2. The van der Waals surface area contributed by atoms with E-state index in [1.54, 1.807) is 0 Å². The maximum atomic E-state index is 13.0. The number of halogens is 1. The number of carbonyl (C=O) groups is 1. The molecule has 0 aliphatic heterocycles. The highest BCUT2D eigenvalue weighted by Gasteiger charge is 2.17. The van der Waals surface area contributed by atoms with Gasteiger partial charge in [-0.15, -0.1) is 0 Å². The number of nitrogens with two attached hydrogens (primary N) is 1. The number of nitrogen functional groups attached to an aromatic ring is 1. The van der Waals surface area contributed by atoms with Crippen LogP contribution < -0.4 is 5.73 Å². The Morgan fingerprint density at radius 2 is 1.79 bits per heavy atom. The molecule has 0 radical (unpaired) electrons. The molecular formula is C15H23FN2O. The van der Waals surface area contributed by atoms with Gasteiger partial charge in [-0.1, -0.05) is 26.7 Å². The molecule has 19 heavy (non-hydrogen) atoms. The lowest BCUT2D eigenvalue weighted by Crippen LogP contribution is -2.33. The molecule has 0 saturated carbocycles. The summed E-state index contributed by atoms with van der Waals surface area (Å²) >= 11 is 0. The van der Waals surface area contributed by atoms with Crippen LogP contribution in [-0.4, -0.2) is 23.9 Å². The Kier molecular flexibility index (Phi) is 6.33. The number of unbranched alkanes of at least 4 members (excludes halogenated alkanes) is 2. The quantitative estimate of drug-likeness (QED) is 0.768. The van der Waals surface area contributed by atoms with Crippen LogP contribution in [-0.2, 0) is 0 Å². The molecule has 1 aromatic rings. The van der Waals surface area contributed by atoms with Crippen molar-refractivity contribution in [3.8, 4) is 0 Å². The first-order valence-electron chi connectivity index (χ1n) is 6.94. The van der Waals surface area contributed by atoms with Crippen LogP contribution >= 0.6 is 0 Å². The second-order valence-corrected chi connectivity index (χ2v) is 4.73. The van der Waals surface area contributed by atoms with Crippen molar-refractivity contribution in [1.82, 2.24) is 4.90 Å². The number of anilines is 1. The molecular weight excluding hydrogens is 243 g/mol. The van der Waals surface area contributed by atoms with E-state index < -0.39 is 5.82 Å². The summed E-state index contributed by atoms with van der Waals surface area (Å²) in [6.45, 7) is 5.64. The fourth-order valence-electron chi connectivity index (χ4n) is 1.91. The van der Waals surface area contributed by atoms with Gasteiger partial charge in [-0.3, -0.25) is 4.79 Å². The molecule has 1 rings (SSSR count). The first-order chi connectivity index (χ1) is 9.10. The highest BCUT2D eigenvalue weighted by molar-refractivity contribution is 5.99. The fraction of sp³-hybridized carbons (Fsp3) is 0.533. The number of amides is 1. The van der Waals surface area contributed by atoms with Crippen molar-refractivity contribution in [1.29, 1.82) is 0 Å². The molecule has 106 valence electrons. The average molecular weight is 266 g/mol. The Morgan fingerprint density at radius 1 is 1.21 bits per heavy atom. The molecule has 0 fully saturated rings. The van der Waals surface area contributed by atoms with Gasteiger partial charge in [0.2, 0.25) is 0 Å². The Labute approximate surface area is 114 Å². The summed E-state index contributed by atoms with van der Waals surface area (Å²) < 4.78 is 13.0. The van der Waals surface area contributed by atoms with Gasteiger partial charge in [-0.2, -0.15) is 0 Å². The van der Waals surface area contributed by atoms with Gasteiger partial charge < -0.3 is 10.6 Å². The van der Waals surface area contributed by atoms with Gasteiger partial charge in [0, 0.05) is 18.8 Å². The van der Waals surface area contributed by atoms with Gasteiger partial charge in [-0.25, -0.2) is 4.39 Å². The van der Waals surface area contributed by atoms with Crippen molar-refractivity contribution >= 4 is 11.6 Å². The van der Waals surface area contributed by atoms with Crippen LogP contribution in [0.15, 0.2) is 18.2 Å². The lowest BCUT2D eigenvalue weighted by molar-refractivity contribution is 0.0752. The van der Waals surface area contributed by atoms with Crippen LogP contribution in [0.3, 0.4) is 0 Å². The Morgan fingerprint density at radius 3 is 2.26 bits per heavy atom. The van der Waals surface area contributed by atoms with E-state index in [0.29, 0.717) is 5.56 Å². The molecule has 0 bridgehead atoms. The molecule has 0 unspecified atom stereocenters. The molecule has 4 heteroatoms. The van der Waals surface area contributed by atoms with E-state index in [2.05, 4.69) is 13.8 Å². The topological polar surface area (TPSA) is 46.3 Å². The molecule has 0 aliphatic carbocycles. The summed E-state index contributed by atoms with van der Waals surface area (Å²) in [5, 5.41) is 0. The normalized spacial score (nSPS) is 10.5. The minimum Gasteiger partial charge on any atom is -0.398 e. The van der Waals surface area contributed by atoms with Gasteiger partial charge in [0.1, 0.15) is 5.82 Å². The van der Waals surface area contributed by atoms with E-state index in [9.17, 15) is 9.18 Å². The zero-order chi connectivity index (χ0) is 14.3. The first-order valence-corrected chi connectivity index (χ1v) is 6.94. The van der Waals surface area contributed by atoms with Crippen LogP contribution in [0.5, 0.6) is 0 Å². The summed E-state index contributed by atoms with van der Waals surface area (Å²) in [6, 6.07) is 3.95. The number of benzene rings is 1. The van der Waals surface area contributed by atoms with E-state index >= 15 is 0 Å². The predicted octanol–water partition coefficient (Wildman–Crippen LogP) is 3.45. The Balaban J connectivity index is 2.84. The van der Waals surface area contributed by atoms with Crippen LogP contribution in [0.25, 0.3) is 0 Å². The van der Waals surface area contributed by atoms with Crippen molar-refractivity contribution in [2.24, 2.45) is 0 Å². The van der Waals surface area contributed by atoms with E-state index in [0.717, 1.165) is 38.8 Å². The van der Waals surface area contributed by atoms with Gasteiger partial charge in [-0.05, 0) is 31.0 Å². The second-order valence-electron chi connectivity index (χ2n) is 4.73. The molecule has 0 aliphatic rings. The van der Waals surface area contributed by atoms with Crippen LogP contribution in [0.1, 0.15) is 49.9 Å². The third kappa shape index (κ3) is 4.54. The lowest BCUT2D eigenvalue weighted by atomic mass is 10.1. The second kappa shape index (κ2) is 7.77. The minimum atomic E-state index is -0.414. The maximum Gasteiger partial charge on any atom is 0.255 e. The number of rotatable bonds is 7. The van der Waals surface area contributed by atoms with Crippen LogP contribution in [0, 0.1) is 5.82 Å². The molecule has 0 spiro atoms. The van der Waals surface area contributed by atoms with Gasteiger partial charge >= 0.3 is 0 Å². The third-order valence-corrected chi connectivity index (χ3v) is 3.09. The molecule has 2 N–H and O–H groups in total. The van der Waals surface area contributed by atoms with Crippen molar-refractivity contribution in [2.45, 2.75) is 39.5 Å². The Bertz CT molecular complexity index is 413. The van der Waals surface area contributed by atoms with E-state index in [4.69, 9.17) is 5.73 Å². The number of hydrogen-bond donors (Lipinski definition) is 1. The summed E-state index contributed by atoms with van der Waals surface area (Å²) in [5.74, 6) is -0.512. The molecule has 0 heterocycles. The molecule has 0 aromatic heterocycles. The summed E-state index contributed by atoms with van der Waals surface area (Å²) in [5.41, 5.74) is 6.34. The van der Waals surface area contributed by atoms with Crippen molar-refractivity contribution < 1.29 is 9.18 Å². The Hall–Kier alpha value is -1.58. The molecule has 1 aromatic carbocycles. The average Bonchev–Trinajstić information content (AvgIpc) is 2.38. The predicted molar refractivity (Wildman–Crippen MR) is 76.5 cm³/mol. The smallest absolute Gasteiger partial charge is 0.255 e. The van der Waals surface area contributed by atoms with Crippen molar-refractivity contribution in [3.05, 3.63) is 29.6 Å². The lowest BCUT2D eigenvalue weighted by Gasteiger charge is -2.23. The van der Waals surface area contributed by atoms with Crippen LogP contribution in [0.2, 0.25) is 0 Å². The zero-order valence-corrected chi connectivity index (χ0v) is 11.8. The summed E-state index contributed by atoms with van der Waals surface area (Å²) in [6.07, 6.45) is 4.01. The van der Waals surface area contributed by atoms with Crippen molar-refractivity contribution in [3.63, 3.8) is 0 Å². The first kappa shape index (κ1) is 15.5. The van der Waals surface area contributed by atoms with Crippen molar-refractivity contribution in [2.75, 3.05) is 18.8 Å².